The Morgan fingerprint density at radius 3 is 1.87 bits per heavy atom. The zero-order valence-corrected chi connectivity index (χ0v) is 16.3. The molecule has 1 N–H and O–H groups in total. The molecule has 0 atom stereocenters. The SMILES string of the molecule is CC.CC.CC.COc1ccc(C)cc1-c1c(C)cccc1O. The first-order chi connectivity index (χ1) is 11.1. The molecule has 130 valence electrons. The van der Waals surface area contributed by atoms with Crippen LogP contribution >= 0.6 is 0 Å². The van der Waals surface area contributed by atoms with Gasteiger partial charge in [0.2, 0.25) is 0 Å². The molecular weight excluding hydrogens is 284 g/mol. The number of hydrogen-bond donors (Lipinski definition) is 1. The molecule has 0 bridgehead atoms. The van der Waals surface area contributed by atoms with Gasteiger partial charge in [-0.1, -0.05) is 65.3 Å². The van der Waals surface area contributed by atoms with E-state index in [1.165, 1.54) is 0 Å². The molecule has 0 amide bonds. The quantitative estimate of drug-likeness (QED) is 0.662. The third kappa shape index (κ3) is 6.77. The van der Waals surface area contributed by atoms with E-state index in [2.05, 4.69) is 0 Å². The molecule has 0 radical (unpaired) electrons. The monoisotopic (exact) mass is 318 g/mol. The van der Waals surface area contributed by atoms with Gasteiger partial charge in [0.25, 0.3) is 0 Å². The molecule has 23 heavy (non-hydrogen) atoms. The van der Waals surface area contributed by atoms with E-state index >= 15 is 0 Å². The summed E-state index contributed by atoms with van der Waals surface area (Å²) in [6, 6.07) is 11.5. The predicted octanol–water partition coefficient (Wildman–Crippen LogP) is 6.76. The van der Waals surface area contributed by atoms with Crippen LogP contribution in [0.25, 0.3) is 11.1 Å². The molecule has 0 spiro atoms. The van der Waals surface area contributed by atoms with Crippen molar-refractivity contribution < 1.29 is 9.84 Å². The minimum atomic E-state index is 0.286. The number of benzene rings is 2. The smallest absolute Gasteiger partial charge is 0.126 e. The Morgan fingerprint density at radius 1 is 0.826 bits per heavy atom. The van der Waals surface area contributed by atoms with Crippen LogP contribution in [0.2, 0.25) is 0 Å². The normalized spacial score (nSPS) is 8.39. The van der Waals surface area contributed by atoms with E-state index < -0.39 is 0 Å². The molecule has 0 saturated carbocycles. The van der Waals surface area contributed by atoms with Crippen molar-refractivity contribution in [3.05, 3.63) is 47.5 Å². The highest BCUT2D eigenvalue weighted by Gasteiger charge is 2.12. The van der Waals surface area contributed by atoms with Gasteiger partial charge in [0.05, 0.1) is 7.11 Å². The number of ether oxygens (including phenoxy) is 1. The van der Waals surface area contributed by atoms with E-state index in [1.807, 2.05) is 85.7 Å². The first-order valence-corrected chi connectivity index (χ1v) is 8.57. The molecule has 0 heterocycles. The molecule has 2 heteroatoms. The lowest BCUT2D eigenvalue weighted by Gasteiger charge is -2.13. The van der Waals surface area contributed by atoms with Gasteiger partial charge in [-0.25, -0.2) is 0 Å². The molecule has 0 unspecified atom stereocenters. The van der Waals surface area contributed by atoms with Crippen LogP contribution in [-0.4, -0.2) is 12.2 Å². The Bertz CT molecular complexity index is 525. The Kier molecular flexibility index (Phi) is 13.9. The van der Waals surface area contributed by atoms with E-state index in [0.717, 1.165) is 28.0 Å². The van der Waals surface area contributed by atoms with E-state index in [4.69, 9.17) is 4.74 Å². The summed E-state index contributed by atoms with van der Waals surface area (Å²) < 4.78 is 5.35. The zero-order valence-electron chi connectivity index (χ0n) is 16.3. The van der Waals surface area contributed by atoms with Crippen LogP contribution in [0.4, 0.5) is 0 Å². The summed E-state index contributed by atoms with van der Waals surface area (Å²) in [5.41, 5.74) is 3.95. The molecule has 0 saturated heterocycles. The largest absolute Gasteiger partial charge is 0.507 e. The van der Waals surface area contributed by atoms with Crippen molar-refractivity contribution in [3.8, 4) is 22.6 Å². The molecule has 2 aromatic carbocycles. The van der Waals surface area contributed by atoms with Crippen molar-refractivity contribution in [2.45, 2.75) is 55.4 Å². The van der Waals surface area contributed by atoms with Gasteiger partial charge < -0.3 is 9.84 Å². The van der Waals surface area contributed by atoms with E-state index in [1.54, 1.807) is 13.2 Å². The lowest BCUT2D eigenvalue weighted by Crippen LogP contribution is -1.91. The Labute approximate surface area is 143 Å². The van der Waals surface area contributed by atoms with Crippen molar-refractivity contribution >= 4 is 0 Å². The van der Waals surface area contributed by atoms with Crippen LogP contribution < -0.4 is 4.74 Å². The number of aromatic hydroxyl groups is 1. The second-order valence-corrected chi connectivity index (χ2v) is 4.17. The average Bonchev–Trinajstić information content (AvgIpc) is 2.60. The summed E-state index contributed by atoms with van der Waals surface area (Å²) in [6.45, 7) is 16.0. The Morgan fingerprint density at radius 2 is 1.39 bits per heavy atom. The van der Waals surface area contributed by atoms with E-state index in [-0.39, 0.29) is 5.75 Å². The molecular formula is C21H34O2. The van der Waals surface area contributed by atoms with Gasteiger partial charge in [0, 0.05) is 11.1 Å². The molecule has 0 aromatic heterocycles. The van der Waals surface area contributed by atoms with Gasteiger partial charge in [-0.15, -0.1) is 0 Å². The van der Waals surface area contributed by atoms with Gasteiger partial charge in [0.15, 0.2) is 0 Å². The van der Waals surface area contributed by atoms with Crippen LogP contribution in [0.5, 0.6) is 11.5 Å². The number of hydrogen-bond acceptors (Lipinski definition) is 2. The van der Waals surface area contributed by atoms with Crippen LogP contribution in [-0.2, 0) is 0 Å². The van der Waals surface area contributed by atoms with Crippen LogP contribution in [0.3, 0.4) is 0 Å². The molecule has 0 aliphatic heterocycles. The van der Waals surface area contributed by atoms with Crippen molar-refractivity contribution in [1.82, 2.24) is 0 Å². The Hall–Kier alpha value is -1.96. The number of methoxy groups -OCH3 is 1. The number of phenolic OH excluding ortho intramolecular Hbond substituents is 1. The van der Waals surface area contributed by atoms with E-state index in [0.29, 0.717) is 0 Å². The fourth-order valence-corrected chi connectivity index (χ4v) is 2.02. The summed E-state index contributed by atoms with van der Waals surface area (Å²) in [7, 11) is 1.64. The summed E-state index contributed by atoms with van der Waals surface area (Å²) >= 11 is 0. The number of rotatable bonds is 2. The fraction of sp³-hybridized carbons (Fsp3) is 0.429. The van der Waals surface area contributed by atoms with Gasteiger partial charge in [-0.2, -0.15) is 0 Å². The molecule has 0 fully saturated rings. The standard InChI is InChI=1S/C15H16O2.3C2H6/c1-10-7-8-14(17-3)12(9-10)15-11(2)5-4-6-13(15)16;3*1-2/h4-9,16H,1-3H3;3*1-2H3. The molecule has 2 rings (SSSR count). The lowest BCUT2D eigenvalue weighted by molar-refractivity contribution is 0.415. The number of phenols is 1. The minimum Gasteiger partial charge on any atom is -0.507 e. The Balaban J connectivity index is 0. The van der Waals surface area contributed by atoms with Gasteiger partial charge in [0.1, 0.15) is 11.5 Å². The van der Waals surface area contributed by atoms with Gasteiger partial charge in [-0.3, -0.25) is 0 Å². The van der Waals surface area contributed by atoms with Crippen molar-refractivity contribution in [1.29, 1.82) is 0 Å². The predicted molar refractivity (Wildman–Crippen MR) is 104 cm³/mol. The summed E-state index contributed by atoms with van der Waals surface area (Å²) in [4.78, 5) is 0. The maximum absolute atomic E-state index is 10.0. The fourth-order valence-electron chi connectivity index (χ4n) is 2.02. The third-order valence-corrected chi connectivity index (χ3v) is 2.88. The molecule has 0 aliphatic carbocycles. The summed E-state index contributed by atoms with van der Waals surface area (Å²) in [5.74, 6) is 1.06. The van der Waals surface area contributed by atoms with Crippen LogP contribution in [0, 0.1) is 13.8 Å². The first kappa shape index (κ1) is 23.3. The highest BCUT2D eigenvalue weighted by molar-refractivity contribution is 5.78. The van der Waals surface area contributed by atoms with Crippen LogP contribution in [0.15, 0.2) is 36.4 Å². The average molecular weight is 319 g/mol. The van der Waals surface area contributed by atoms with Crippen molar-refractivity contribution in [3.63, 3.8) is 0 Å². The molecule has 2 nitrogen and oxygen atoms in total. The molecule has 0 aliphatic rings. The second kappa shape index (κ2) is 13.7. The van der Waals surface area contributed by atoms with Gasteiger partial charge >= 0.3 is 0 Å². The maximum atomic E-state index is 10.0. The van der Waals surface area contributed by atoms with Crippen LogP contribution in [0.1, 0.15) is 52.7 Å². The first-order valence-electron chi connectivity index (χ1n) is 8.57. The highest BCUT2D eigenvalue weighted by atomic mass is 16.5. The topological polar surface area (TPSA) is 29.5 Å². The minimum absolute atomic E-state index is 0.286. The second-order valence-electron chi connectivity index (χ2n) is 4.17. The third-order valence-electron chi connectivity index (χ3n) is 2.88. The van der Waals surface area contributed by atoms with E-state index in [9.17, 15) is 5.11 Å². The maximum Gasteiger partial charge on any atom is 0.126 e. The lowest BCUT2D eigenvalue weighted by atomic mass is 9.97. The zero-order chi connectivity index (χ0) is 18.4. The van der Waals surface area contributed by atoms with Gasteiger partial charge in [-0.05, 0) is 37.6 Å². The summed E-state index contributed by atoms with van der Waals surface area (Å²) in [6.07, 6.45) is 0. The molecule has 2 aromatic rings. The summed E-state index contributed by atoms with van der Waals surface area (Å²) in [5, 5.41) is 10.0. The number of aryl methyl sites for hydroxylation is 2. The van der Waals surface area contributed by atoms with Crippen molar-refractivity contribution in [2.75, 3.05) is 7.11 Å². The van der Waals surface area contributed by atoms with Crippen molar-refractivity contribution in [2.24, 2.45) is 0 Å². The highest BCUT2D eigenvalue weighted by Crippen LogP contribution is 2.38.